The third-order valence-electron chi connectivity index (χ3n) is 6.57. The maximum absolute atomic E-state index is 4.08. The van der Waals surface area contributed by atoms with Gasteiger partial charge in [-0.1, -0.05) is 0 Å². The van der Waals surface area contributed by atoms with Gasteiger partial charge in [0.25, 0.3) is 0 Å². The molecule has 1 aromatic heterocycles. The van der Waals surface area contributed by atoms with E-state index in [1.165, 1.54) is 31.4 Å². The van der Waals surface area contributed by atoms with Crippen LogP contribution in [0.2, 0.25) is 0 Å². The summed E-state index contributed by atoms with van der Waals surface area (Å²) < 4.78 is 0. The van der Waals surface area contributed by atoms with E-state index >= 15 is 0 Å². The lowest BCUT2D eigenvalue weighted by atomic mass is 9.49. The Hall–Kier alpha value is -0.890. The molecule has 0 saturated heterocycles. The molecular weight excluding hydrogens is 268 g/mol. The second-order valence-corrected chi connectivity index (χ2v) is 8.38. The Morgan fingerprint density at radius 2 is 1.59 bits per heavy atom. The minimum Gasteiger partial charge on any atom is -0.317 e. The third-order valence-corrected chi connectivity index (χ3v) is 6.57. The van der Waals surface area contributed by atoms with Crippen LogP contribution in [0.25, 0.3) is 0 Å². The Morgan fingerprint density at radius 3 is 2.23 bits per heavy atom. The van der Waals surface area contributed by atoms with Gasteiger partial charge in [-0.05, 0) is 112 Å². The van der Waals surface area contributed by atoms with E-state index in [0.29, 0.717) is 0 Å². The molecule has 22 heavy (non-hydrogen) atoms. The predicted octanol–water partition coefficient (Wildman–Crippen LogP) is 4.21. The monoisotopic (exact) mass is 298 g/mol. The molecule has 0 spiro atoms. The Bertz CT molecular complexity index is 446. The average molecular weight is 298 g/mol. The summed E-state index contributed by atoms with van der Waals surface area (Å²) in [5, 5.41) is 3.72. The maximum atomic E-state index is 4.08. The van der Waals surface area contributed by atoms with Gasteiger partial charge in [0.2, 0.25) is 0 Å². The highest BCUT2D eigenvalue weighted by Crippen LogP contribution is 2.61. The molecule has 4 aliphatic rings. The van der Waals surface area contributed by atoms with Crippen LogP contribution < -0.4 is 5.32 Å². The van der Waals surface area contributed by atoms with Gasteiger partial charge in [0, 0.05) is 12.4 Å². The number of hydrogen-bond donors (Lipinski definition) is 1. The van der Waals surface area contributed by atoms with Crippen LogP contribution in [0.1, 0.15) is 56.9 Å². The number of nitrogens with zero attached hydrogens (tertiary/aromatic N) is 1. The summed E-state index contributed by atoms with van der Waals surface area (Å²) >= 11 is 0. The molecule has 1 N–H and O–H groups in total. The molecule has 4 aliphatic carbocycles. The first kappa shape index (κ1) is 14.7. The van der Waals surface area contributed by atoms with Gasteiger partial charge >= 0.3 is 0 Å². The number of hydrogen-bond acceptors (Lipinski definition) is 2. The fraction of sp³-hybridized carbons (Fsp3) is 0.750. The van der Waals surface area contributed by atoms with Crippen molar-refractivity contribution in [3.8, 4) is 0 Å². The SMILES string of the molecule is c1cc(CCCNCCC23CC4CC(CC(C4)C2)C3)ccn1. The molecule has 1 aromatic rings. The lowest BCUT2D eigenvalue weighted by Gasteiger charge is -2.57. The minimum atomic E-state index is 0.743. The van der Waals surface area contributed by atoms with Gasteiger partial charge in [-0.2, -0.15) is 0 Å². The summed E-state index contributed by atoms with van der Waals surface area (Å²) in [7, 11) is 0. The van der Waals surface area contributed by atoms with Crippen LogP contribution in [0.15, 0.2) is 24.5 Å². The molecule has 4 saturated carbocycles. The fourth-order valence-corrected chi connectivity index (χ4v) is 6.04. The van der Waals surface area contributed by atoms with Gasteiger partial charge in [-0.3, -0.25) is 4.98 Å². The van der Waals surface area contributed by atoms with Gasteiger partial charge in [-0.15, -0.1) is 0 Å². The number of aryl methyl sites for hydroxylation is 1. The molecule has 0 aliphatic heterocycles. The highest BCUT2D eigenvalue weighted by molar-refractivity contribution is 5.09. The van der Waals surface area contributed by atoms with Crippen molar-refractivity contribution in [1.82, 2.24) is 10.3 Å². The van der Waals surface area contributed by atoms with Gasteiger partial charge < -0.3 is 5.32 Å². The Labute approximate surface area is 135 Å². The van der Waals surface area contributed by atoms with E-state index in [4.69, 9.17) is 0 Å². The first-order valence-corrected chi connectivity index (χ1v) is 9.41. The van der Waals surface area contributed by atoms with Crippen molar-refractivity contribution in [3.05, 3.63) is 30.1 Å². The first-order valence-electron chi connectivity index (χ1n) is 9.41. The van der Waals surface area contributed by atoms with Crippen molar-refractivity contribution in [2.75, 3.05) is 13.1 Å². The van der Waals surface area contributed by atoms with E-state index in [2.05, 4.69) is 22.4 Å². The number of nitrogens with one attached hydrogen (secondary N) is 1. The molecule has 4 bridgehead atoms. The second kappa shape index (κ2) is 6.31. The second-order valence-electron chi connectivity index (χ2n) is 8.38. The zero-order valence-corrected chi connectivity index (χ0v) is 13.8. The smallest absolute Gasteiger partial charge is 0.0270 e. The lowest BCUT2D eigenvalue weighted by molar-refractivity contribution is -0.0567. The molecule has 2 nitrogen and oxygen atoms in total. The van der Waals surface area contributed by atoms with E-state index in [-0.39, 0.29) is 0 Å². The van der Waals surface area contributed by atoms with E-state index in [0.717, 1.165) is 29.7 Å². The van der Waals surface area contributed by atoms with Crippen molar-refractivity contribution in [1.29, 1.82) is 0 Å². The lowest BCUT2D eigenvalue weighted by Crippen LogP contribution is -2.47. The Kier molecular flexibility index (Phi) is 4.21. The van der Waals surface area contributed by atoms with Gasteiger partial charge in [-0.25, -0.2) is 0 Å². The molecule has 0 aromatic carbocycles. The molecule has 0 radical (unpaired) electrons. The third kappa shape index (κ3) is 3.22. The molecule has 120 valence electrons. The number of pyridine rings is 1. The van der Waals surface area contributed by atoms with Crippen LogP contribution in [-0.4, -0.2) is 18.1 Å². The van der Waals surface area contributed by atoms with Gasteiger partial charge in [0.15, 0.2) is 0 Å². The Morgan fingerprint density at radius 1 is 0.955 bits per heavy atom. The summed E-state index contributed by atoms with van der Waals surface area (Å²) in [4.78, 5) is 4.08. The Balaban J connectivity index is 1.17. The molecule has 5 rings (SSSR count). The van der Waals surface area contributed by atoms with Crippen molar-refractivity contribution in [3.63, 3.8) is 0 Å². The highest BCUT2D eigenvalue weighted by atomic mass is 14.8. The summed E-state index contributed by atoms with van der Waals surface area (Å²) in [6.07, 6.45) is 17.0. The topological polar surface area (TPSA) is 24.9 Å². The van der Waals surface area contributed by atoms with Crippen molar-refractivity contribution >= 4 is 0 Å². The van der Waals surface area contributed by atoms with Gasteiger partial charge in [0.05, 0.1) is 0 Å². The molecule has 1 heterocycles. The zero-order chi connectivity index (χ0) is 14.8. The summed E-state index contributed by atoms with van der Waals surface area (Å²) in [5.74, 6) is 3.29. The van der Waals surface area contributed by atoms with Crippen LogP contribution in [0.5, 0.6) is 0 Å². The summed E-state index contributed by atoms with van der Waals surface area (Å²) in [6.45, 7) is 2.40. The van der Waals surface area contributed by atoms with Crippen LogP contribution >= 0.6 is 0 Å². The first-order chi connectivity index (χ1) is 10.8. The number of rotatable bonds is 7. The van der Waals surface area contributed by atoms with Crippen molar-refractivity contribution in [2.24, 2.45) is 23.2 Å². The molecule has 0 unspecified atom stereocenters. The molecule has 0 atom stereocenters. The van der Waals surface area contributed by atoms with Gasteiger partial charge in [0.1, 0.15) is 0 Å². The zero-order valence-electron chi connectivity index (χ0n) is 13.8. The van der Waals surface area contributed by atoms with Crippen LogP contribution in [0, 0.1) is 23.2 Å². The summed E-state index contributed by atoms with van der Waals surface area (Å²) in [6, 6.07) is 4.27. The minimum absolute atomic E-state index is 0.743. The van der Waals surface area contributed by atoms with Crippen molar-refractivity contribution < 1.29 is 0 Å². The van der Waals surface area contributed by atoms with E-state index < -0.39 is 0 Å². The molecule has 2 heteroatoms. The molecule has 0 amide bonds. The number of aromatic nitrogens is 1. The predicted molar refractivity (Wildman–Crippen MR) is 90.6 cm³/mol. The largest absolute Gasteiger partial charge is 0.317 e. The maximum Gasteiger partial charge on any atom is 0.0270 e. The van der Waals surface area contributed by atoms with Crippen LogP contribution in [0.4, 0.5) is 0 Å². The van der Waals surface area contributed by atoms with Crippen LogP contribution in [-0.2, 0) is 6.42 Å². The molecular formula is C20H30N2. The van der Waals surface area contributed by atoms with E-state index in [1.54, 1.807) is 38.5 Å². The van der Waals surface area contributed by atoms with Crippen LogP contribution in [0.3, 0.4) is 0 Å². The summed E-state index contributed by atoms with van der Waals surface area (Å²) in [5.41, 5.74) is 2.16. The molecule has 4 fully saturated rings. The van der Waals surface area contributed by atoms with Crippen molar-refractivity contribution in [2.45, 2.75) is 57.8 Å². The normalized spacial score (nSPS) is 35.9. The van der Waals surface area contributed by atoms with E-state index in [9.17, 15) is 0 Å². The highest BCUT2D eigenvalue weighted by Gasteiger charge is 2.50. The standard InChI is InChI=1S/C20H30N2/c1(2-16-3-7-22-8-4-16)6-21-9-5-20-13-17-10-18(14-20)12-19(11-17)15-20/h3-4,7-8,17-19,21H,1-2,5-6,9-15H2. The fourth-order valence-electron chi connectivity index (χ4n) is 6.04. The average Bonchev–Trinajstić information content (AvgIpc) is 2.50. The quantitative estimate of drug-likeness (QED) is 0.763. The van der Waals surface area contributed by atoms with E-state index in [1.807, 2.05) is 12.4 Å².